The Kier molecular flexibility index (Phi) is 5.18. The average Bonchev–Trinajstić information content (AvgIpc) is 2.84. The van der Waals surface area contributed by atoms with Crippen molar-refractivity contribution in [2.75, 3.05) is 20.7 Å². The lowest BCUT2D eigenvalue weighted by molar-refractivity contribution is -0.121. The Morgan fingerprint density at radius 3 is 2.80 bits per heavy atom. The Hall–Kier alpha value is -1.35. The summed E-state index contributed by atoms with van der Waals surface area (Å²) >= 11 is 0. The molecular formula is C17H25NO2. The number of ketones is 1. The summed E-state index contributed by atoms with van der Waals surface area (Å²) in [5.74, 6) is 1.64. The molecule has 1 aliphatic carbocycles. The van der Waals surface area contributed by atoms with E-state index in [1.807, 2.05) is 18.2 Å². The molecule has 3 heteroatoms. The van der Waals surface area contributed by atoms with Crippen LogP contribution >= 0.6 is 0 Å². The first kappa shape index (κ1) is 15.0. The molecule has 2 atom stereocenters. The van der Waals surface area contributed by atoms with Gasteiger partial charge in [0.1, 0.15) is 11.5 Å². The molecule has 1 aromatic rings. The predicted molar refractivity (Wildman–Crippen MR) is 81.1 cm³/mol. The molecule has 1 aliphatic rings. The van der Waals surface area contributed by atoms with E-state index in [0.717, 1.165) is 38.0 Å². The highest BCUT2D eigenvalue weighted by molar-refractivity contribution is 5.83. The van der Waals surface area contributed by atoms with E-state index in [4.69, 9.17) is 4.74 Å². The molecular weight excluding hydrogens is 250 g/mol. The molecule has 2 unspecified atom stereocenters. The molecule has 1 saturated carbocycles. The molecule has 1 aromatic carbocycles. The molecule has 0 bridgehead atoms. The number of hydrogen-bond acceptors (Lipinski definition) is 3. The summed E-state index contributed by atoms with van der Waals surface area (Å²) in [6.45, 7) is 3.10. The van der Waals surface area contributed by atoms with Gasteiger partial charge in [-0.2, -0.15) is 0 Å². The number of benzene rings is 1. The quantitative estimate of drug-likeness (QED) is 0.799. The van der Waals surface area contributed by atoms with Crippen molar-refractivity contribution in [3.63, 3.8) is 0 Å². The van der Waals surface area contributed by atoms with Crippen LogP contribution in [0.2, 0.25) is 0 Å². The van der Waals surface area contributed by atoms with Gasteiger partial charge in [0.05, 0.1) is 7.11 Å². The molecule has 0 amide bonds. The minimum absolute atomic E-state index is 0.250. The van der Waals surface area contributed by atoms with Crippen molar-refractivity contribution < 1.29 is 9.53 Å². The molecule has 0 aliphatic heterocycles. The Balaban J connectivity index is 1.93. The fourth-order valence-corrected chi connectivity index (χ4v) is 2.95. The van der Waals surface area contributed by atoms with E-state index in [0.29, 0.717) is 11.8 Å². The smallest absolute Gasteiger partial charge is 0.137 e. The van der Waals surface area contributed by atoms with Gasteiger partial charge in [0, 0.05) is 24.9 Å². The maximum Gasteiger partial charge on any atom is 0.137 e. The topological polar surface area (TPSA) is 29.5 Å². The second kappa shape index (κ2) is 6.89. The molecule has 0 radical (unpaired) electrons. The fourth-order valence-electron chi connectivity index (χ4n) is 2.95. The normalized spacial score (nSPS) is 20.4. The summed E-state index contributed by atoms with van der Waals surface area (Å²) in [5.41, 5.74) is 1.23. The minimum atomic E-state index is 0.250. The zero-order valence-corrected chi connectivity index (χ0v) is 12.8. The Morgan fingerprint density at radius 2 is 2.15 bits per heavy atom. The predicted octanol–water partition coefficient (Wildman–Crippen LogP) is 2.93. The third-order valence-corrected chi connectivity index (χ3v) is 4.40. The highest BCUT2D eigenvalue weighted by atomic mass is 16.5. The van der Waals surface area contributed by atoms with Crippen LogP contribution in [-0.2, 0) is 11.2 Å². The molecule has 0 saturated heterocycles. The maximum atomic E-state index is 11.7. The van der Waals surface area contributed by atoms with E-state index in [2.05, 4.69) is 24.9 Å². The summed E-state index contributed by atoms with van der Waals surface area (Å²) in [6, 6.07) is 8.56. The van der Waals surface area contributed by atoms with Gasteiger partial charge in [-0.05, 0) is 44.9 Å². The van der Waals surface area contributed by atoms with Crippen LogP contribution in [0.25, 0.3) is 0 Å². The first-order valence-electron chi connectivity index (χ1n) is 7.46. The SMILES string of the molecule is COc1ccccc1CC(C)N(C)CC1CCCC1=O. The number of Topliss-reactive ketones (excluding diaryl/α,β-unsaturated/α-hetero) is 1. The van der Waals surface area contributed by atoms with Crippen molar-refractivity contribution in [3.05, 3.63) is 29.8 Å². The zero-order chi connectivity index (χ0) is 14.5. The second-order valence-corrected chi connectivity index (χ2v) is 5.86. The highest BCUT2D eigenvalue weighted by Crippen LogP contribution is 2.24. The van der Waals surface area contributed by atoms with Gasteiger partial charge in [0.25, 0.3) is 0 Å². The van der Waals surface area contributed by atoms with Gasteiger partial charge in [-0.1, -0.05) is 18.2 Å². The first-order valence-corrected chi connectivity index (χ1v) is 7.46. The number of hydrogen-bond donors (Lipinski definition) is 0. The monoisotopic (exact) mass is 275 g/mol. The van der Waals surface area contributed by atoms with Gasteiger partial charge in [-0.15, -0.1) is 0 Å². The highest BCUT2D eigenvalue weighted by Gasteiger charge is 2.26. The number of carbonyl (C=O) groups is 1. The van der Waals surface area contributed by atoms with E-state index >= 15 is 0 Å². The molecule has 20 heavy (non-hydrogen) atoms. The Bertz CT molecular complexity index is 458. The number of rotatable bonds is 6. The number of para-hydroxylation sites is 1. The van der Waals surface area contributed by atoms with Crippen LogP contribution in [0.5, 0.6) is 5.75 Å². The molecule has 2 rings (SSSR count). The standard InChI is InChI=1S/C17H25NO2/c1-13(11-14-7-4-5-10-17(14)20-3)18(2)12-15-8-6-9-16(15)19/h4-5,7,10,13,15H,6,8-9,11-12H2,1-3H3. The lowest BCUT2D eigenvalue weighted by atomic mass is 10.0. The van der Waals surface area contributed by atoms with Gasteiger partial charge in [0.2, 0.25) is 0 Å². The molecule has 3 nitrogen and oxygen atoms in total. The van der Waals surface area contributed by atoms with Gasteiger partial charge in [-0.3, -0.25) is 4.79 Å². The van der Waals surface area contributed by atoms with E-state index in [9.17, 15) is 4.79 Å². The largest absolute Gasteiger partial charge is 0.496 e. The first-order chi connectivity index (χ1) is 9.61. The number of methoxy groups -OCH3 is 1. The van der Waals surface area contributed by atoms with Crippen molar-refractivity contribution in [3.8, 4) is 5.75 Å². The Labute approximate surface area is 121 Å². The third-order valence-electron chi connectivity index (χ3n) is 4.40. The van der Waals surface area contributed by atoms with Crippen LogP contribution in [0, 0.1) is 5.92 Å². The van der Waals surface area contributed by atoms with E-state index < -0.39 is 0 Å². The average molecular weight is 275 g/mol. The van der Waals surface area contributed by atoms with Crippen LogP contribution in [0.4, 0.5) is 0 Å². The molecule has 1 fully saturated rings. The van der Waals surface area contributed by atoms with Gasteiger partial charge >= 0.3 is 0 Å². The Morgan fingerprint density at radius 1 is 1.40 bits per heavy atom. The number of carbonyl (C=O) groups excluding carboxylic acids is 1. The lowest BCUT2D eigenvalue weighted by Crippen LogP contribution is -2.36. The lowest BCUT2D eigenvalue weighted by Gasteiger charge is -2.27. The molecule has 0 aromatic heterocycles. The molecule has 110 valence electrons. The van der Waals surface area contributed by atoms with Crippen LogP contribution in [0.15, 0.2) is 24.3 Å². The van der Waals surface area contributed by atoms with E-state index in [1.165, 1.54) is 5.56 Å². The van der Waals surface area contributed by atoms with Gasteiger partial charge < -0.3 is 9.64 Å². The van der Waals surface area contributed by atoms with Crippen molar-refractivity contribution >= 4 is 5.78 Å². The van der Waals surface area contributed by atoms with Gasteiger partial charge in [-0.25, -0.2) is 0 Å². The molecule has 0 heterocycles. The van der Waals surface area contributed by atoms with Crippen LogP contribution in [-0.4, -0.2) is 37.4 Å². The number of ether oxygens (including phenoxy) is 1. The van der Waals surface area contributed by atoms with Crippen molar-refractivity contribution in [2.45, 2.75) is 38.6 Å². The van der Waals surface area contributed by atoms with E-state index in [1.54, 1.807) is 7.11 Å². The summed E-state index contributed by atoms with van der Waals surface area (Å²) in [5, 5.41) is 0. The van der Waals surface area contributed by atoms with Crippen LogP contribution in [0.1, 0.15) is 31.7 Å². The number of likely N-dealkylation sites (N-methyl/N-ethyl adjacent to an activating group) is 1. The van der Waals surface area contributed by atoms with Crippen molar-refractivity contribution in [1.29, 1.82) is 0 Å². The summed E-state index contributed by atoms with van der Waals surface area (Å²) in [4.78, 5) is 14.1. The van der Waals surface area contributed by atoms with E-state index in [-0.39, 0.29) is 5.92 Å². The maximum absolute atomic E-state index is 11.7. The van der Waals surface area contributed by atoms with Crippen molar-refractivity contribution in [1.82, 2.24) is 4.90 Å². The summed E-state index contributed by atoms with van der Waals surface area (Å²) in [7, 11) is 3.83. The zero-order valence-electron chi connectivity index (χ0n) is 12.8. The summed E-state index contributed by atoms with van der Waals surface area (Å²) < 4.78 is 5.40. The minimum Gasteiger partial charge on any atom is -0.496 e. The third kappa shape index (κ3) is 3.60. The number of nitrogens with zero attached hydrogens (tertiary/aromatic N) is 1. The summed E-state index contributed by atoms with van der Waals surface area (Å²) in [6.07, 6.45) is 3.85. The van der Waals surface area contributed by atoms with Crippen molar-refractivity contribution in [2.24, 2.45) is 5.92 Å². The van der Waals surface area contributed by atoms with Gasteiger partial charge in [0.15, 0.2) is 0 Å². The van der Waals surface area contributed by atoms with Crippen LogP contribution in [0.3, 0.4) is 0 Å². The molecule has 0 N–H and O–H groups in total. The molecule has 0 spiro atoms. The fraction of sp³-hybridized carbons (Fsp3) is 0.588. The van der Waals surface area contributed by atoms with Crippen LogP contribution < -0.4 is 4.74 Å². The second-order valence-electron chi connectivity index (χ2n) is 5.86.